The molecule has 2 aromatic rings. The zero-order chi connectivity index (χ0) is 26.3. The summed E-state index contributed by atoms with van der Waals surface area (Å²) in [6.45, 7) is 4.00. The summed E-state index contributed by atoms with van der Waals surface area (Å²) in [5.41, 5.74) is 0.114. The average Bonchev–Trinajstić information content (AvgIpc) is 3.35. The molecule has 0 unspecified atom stereocenters. The summed E-state index contributed by atoms with van der Waals surface area (Å²) in [4.78, 5) is 48.7. The van der Waals surface area contributed by atoms with Crippen LogP contribution in [-0.2, 0) is 42.1 Å². The number of non-ortho nitro benzene ring substituents is 1. The number of carbonyl (C=O) groups excluding carboxylic acids is 3. The van der Waals surface area contributed by atoms with Gasteiger partial charge in [-0.1, -0.05) is 17.9 Å². The van der Waals surface area contributed by atoms with Gasteiger partial charge in [0.25, 0.3) is 5.69 Å². The van der Waals surface area contributed by atoms with E-state index in [1.54, 1.807) is 0 Å². The van der Waals surface area contributed by atoms with Crippen LogP contribution in [0.4, 0.5) is 5.69 Å². The Kier molecular flexibility index (Phi) is 6.34. The highest BCUT2D eigenvalue weighted by Gasteiger charge is 2.70. The maximum atomic E-state index is 13.4. The second-order valence-electron chi connectivity index (χ2n) is 8.44. The van der Waals surface area contributed by atoms with Crippen molar-refractivity contribution >= 4 is 33.4 Å². The van der Waals surface area contributed by atoms with Crippen molar-refractivity contribution < 1.29 is 37.2 Å². The van der Waals surface area contributed by atoms with Crippen LogP contribution in [-0.4, -0.2) is 73.9 Å². The van der Waals surface area contributed by atoms with E-state index in [1.165, 1.54) is 43.5 Å². The molecule has 0 bridgehead atoms. The number of aromatic nitrogens is 3. The van der Waals surface area contributed by atoms with Crippen LogP contribution in [0.25, 0.3) is 0 Å². The fraction of sp³-hybridized carbons (Fsp3) is 0.381. The van der Waals surface area contributed by atoms with Gasteiger partial charge in [-0.2, -0.15) is 0 Å². The molecule has 2 fully saturated rings. The lowest BCUT2D eigenvalue weighted by atomic mass is 9.96. The maximum Gasteiger partial charge on any atom is 0.360 e. The first kappa shape index (κ1) is 25.0. The SMILES string of the molecule is C=CCOC(=O)c1cn(C[C@@]2(C)[C@H](C(=O)OCc3ccc([N+](=O)[O-])cc3)N3C(=O)C[C@H]3S2(=O)=O)nn1. The number of benzene rings is 1. The van der Waals surface area contributed by atoms with Crippen LogP contribution < -0.4 is 0 Å². The van der Waals surface area contributed by atoms with Crippen molar-refractivity contribution in [1.82, 2.24) is 19.9 Å². The van der Waals surface area contributed by atoms with E-state index in [0.717, 1.165) is 9.58 Å². The largest absolute Gasteiger partial charge is 0.459 e. The Labute approximate surface area is 204 Å². The zero-order valence-electron chi connectivity index (χ0n) is 19.0. The van der Waals surface area contributed by atoms with Crippen LogP contribution in [0.1, 0.15) is 29.4 Å². The summed E-state index contributed by atoms with van der Waals surface area (Å²) in [6.07, 6.45) is 2.28. The van der Waals surface area contributed by atoms with Crippen LogP contribution >= 0.6 is 0 Å². The van der Waals surface area contributed by atoms with E-state index in [-0.39, 0.29) is 31.0 Å². The fourth-order valence-electron chi connectivity index (χ4n) is 4.22. The van der Waals surface area contributed by atoms with Gasteiger partial charge in [-0.25, -0.2) is 22.7 Å². The first-order valence-electron chi connectivity index (χ1n) is 10.6. The number of carbonyl (C=O) groups is 3. The van der Waals surface area contributed by atoms with Crippen LogP contribution in [0.3, 0.4) is 0 Å². The molecule has 15 heteroatoms. The Balaban J connectivity index is 1.57. The molecule has 0 N–H and O–H groups in total. The predicted octanol–water partition coefficient (Wildman–Crippen LogP) is 0.387. The van der Waals surface area contributed by atoms with Crippen molar-refractivity contribution in [3.63, 3.8) is 0 Å². The first-order valence-corrected chi connectivity index (χ1v) is 12.2. The summed E-state index contributed by atoms with van der Waals surface area (Å²) in [7, 11) is -4.07. The third-order valence-corrected chi connectivity index (χ3v) is 8.88. The smallest absolute Gasteiger partial charge is 0.360 e. The number of β-lactam (4-membered cyclic amide) rings is 1. The second-order valence-corrected chi connectivity index (χ2v) is 11.0. The summed E-state index contributed by atoms with van der Waals surface area (Å²) in [6, 6.07) is 3.80. The summed E-state index contributed by atoms with van der Waals surface area (Å²) < 4.78 is 36.2. The van der Waals surface area contributed by atoms with Gasteiger partial charge in [0.2, 0.25) is 5.91 Å². The number of nitrogens with zero attached hydrogens (tertiary/aromatic N) is 5. The molecule has 2 aliphatic heterocycles. The van der Waals surface area contributed by atoms with Crippen LogP contribution in [0.5, 0.6) is 0 Å². The molecule has 0 saturated carbocycles. The molecule has 4 rings (SSSR count). The van der Waals surface area contributed by atoms with Gasteiger partial charge in [0.1, 0.15) is 23.3 Å². The minimum Gasteiger partial charge on any atom is -0.459 e. The Morgan fingerprint density at radius 2 is 2.00 bits per heavy atom. The van der Waals surface area contributed by atoms with Crippen molar-refractivity contribution in [1.29, 1.82) is 0 Å². The standard InChI is InChI=1S/C21H21N5O9S/c1-3-8-34-19(28)15-10-24(23-22-15)12-21(2)18(25-16(27)9-17(25)36(21,32)33)20(29)35-11-13-4-6-14(7-5-13)26(30)31/h3-7,10,17-18H,1,8-9,11-12H2,2H3/t17-,18+,21+/m1/s1. The van der Waals surface area contributed by atoms with Crippen molar-refractivity contribution in [2.45, 2.75) is 42.7 Å². The number of amides is 1. The summed E-state index contributed by atoms with van der Waals surface area (Å²) in [5, 5.41) is 17.1. The molecular weight excluding hydrogens is 498 g/mol. The Bertz CT molecular complexity index is 1350. The first-order chi connectivity index (χ1) is 17.0. The van der Waals surface area contributed by atoms with Crippen molar-refractivity contribution in [2.24, 2.45) is 0 Å². The lowest BCUT2D eigenvalue weighted by Crippen LogP contribution is -2.58. The molecule has 3 atom stereocenters. The molecule has 36 heavy (non-hydrogen) atoms. The highest BCUT2D eigenvalue weighted by Crippen LogP contribution is 2.47. The maximum absolute atomic E-state index is 13.4. The molecule has 1 aromatic carbocycles. The number of hydrogen-bond donors (Lipinski definition) is 0. The number of nitro groups is 1. The number of rotatable bonds is 9. The summed E-state index contributed by atoms with van der Waals surface area (Å²) >= 11 is 0. The number of nitro benzene ring substituents is 1. The molecule has 190 valence electrons. The van der Waals surface area contributed by atoms with E-state index in [2.05, 4.69) is 16.9 Å². The van der Waals surface area contributed by atoms with Gasteiger partial charge < -0.3 is 14.4 Å². The third kappa shape index (κ3) is 4.10. The Morgan fingerprint density at radius 3 is 2.61 bits per heavy atom. The van der Waals surface area contributed by atoms with E-state index in [1.807, 2.05) is 0 Å². The molecule has 1 aromatic heterocycles. The predicted molar refractivity (Wildman–Crippen MR) is 120 cm³/mol. The van der Waals surface area contributed by atoms with E-state index >= 15 is 0 Å². The molecule has 0 aliphatic carbocycles. The van der Waals surface area contributed by atoms with Crippen molar-refractivity contribution in [3.8, 4) is 0 Å². The van der Waals surface area contributed by atoms with Crippen molar-refractivity contribution in [2.75, 3.05) is 6.61 Å². The van der Waals surface area contributed by atoms with Crippen molar-refractivity contribution in [3.05, 3.63) is 64.5 Å². The van der Waals surface area contributed by atoms with Gasteiger partial charge in [0, 0.05) is 12.1 Å². The Morgan fingerprint density at radius 1 is 1.31 bits per heavy atom. The fourth-order valence-corrected chi connectivity index (χ4v) is 6.57. The van der Waals surface area contributed by atoms with E-state index in [4.69, 9.17) is 9.47 Å². The minimum absolute atomic E-state index is 0.0563. The lowest BCUT2D eigenvalue weighted by Gasteiger charge is -2.36. The number of fused-ring (bicyclic) bond motifs is 1. The number of ether oxygens (including phenoxy) is 2. The van der Waals surface area contributed by atoms with E-state index in [0.29, 0.717) is 5.56 Å². The molecule has 0 spiro atoms. The highest BCUT2D eigenvalue weighted by atomic mass is 32.2. The average molecular weight is 519 g/mol. The van der Waals surface area contributed by atoms with Gasteiger partial charge >= 0.3 is 11.9 Å². The highest BCUT2D eigenvalue weighted by molar-refractivity contribution is 7.93. The van der Waals surface area contributed by atoms with Gasteiger partial charge in [0.05, 0.1) is 24.1 Å². The Hall–Kier alpha value is -4.14. The minimum atomic E-state index is -4.07. The summed E-state index contributed by atoms with van der Waals surface area (Å²) in [5.74, 6) is -2.27. The van der Waals surface area contributed by atoms with Gasteiger partial charge in [-0.05, 0) is 24.6 Å². The molecule has 0 radical (unpaired) electrons. The molecule has 14 nitrogen and oxygen atoms in total. The number of sulfone groups is 1. The number of esters is 2. The second kappa shape index (κ2) is 9.14. The molecule has 1 amide bonds. The quantitative estimate of drug-likeness (QED) is 0.147. The van der Waals surface area contributed by atoms with Crippen LogP contribution in [0, 0.1) is 10.1 Å². The normalized spacial score (nSPS) is 23.9. The van der Waals surface area contributed by atoms with E-state index < -0.39 is 55.3 Å². The van der Waals surface area contributed by atoms with Crippen LogP contribution in [0.15, 0.2) is 43.1 Å². The topological polar surface area (TPSA) is 181 Å². The zero-order valence-corrected chi connectivity index (χ0v) is 19.8. The van der Waals surface area contributed by atoms with Crippen LogP contribution in [0.2, 0.25) is 0 Å². The lowest BCUT2D eigenvalue weighted by molar-refractivity contribution is -0.384. The van der Waals surface area contributed by atoms with Gasteiger partial charge in [-0.15, -0.1) is 5.10 Å². The monoisotopic (exact) mass is 519 g/mol. The van der Waals surface area contributed by atoms with Gasteiger partial charge in [-0.3, -0.25) is 14.9 Å². The third-order valence-electron chi connectivity index (χ3n) is 6.12. The number of hydrogen-bond acceptors (Lipinski definition) is 11. The molecule has 3 heterocycles. The molecule has 2 aliphatic rings. The van der Waals surface area contributed by atoms with Gasteiger partial charge in [0.15, 0.2) is 21.6 Å². The molecular formula is C21H21N5O9S. The molecule has 2 saturated heterocycles. The van der Waals surface area contributed by atoms with E-state index in [9.17, 15) is 32.9 Å².